The van der Waals surface area contributed by atoms with E-state index < -0.39 is 0 Å². The van der Waals surface area contributed by atoms with E-state index in [1.165, 1.54) is 17.7 Å². The van der Waals surface area contributed by atoms with Crippen molar-refractivity contribution in [2.24, 2.45) is 0 Å². The first-order chi connectivity index (χ1) is 9.81. The van der Waals surface area contributed by atoms with Gasteiger partial charge in [-0.15, -0.1) is 0 Å². The van der Waals surface area contributed by atoms with Gasteiger partial charge in [0.25, 0.3) is 0 Å². The molecule has 2 N–H and O–H groups in total. The maximum atomic E-state index is 9.16. The zero-order chi connectivity index (χ0) is 14.6. The minimum atomic E-state index is 0.198. The number of nitrogens with one attached hydrogen (secondary N) is 1. The van der Waals surface area contributed by atoms with Crippen LogP contribution in [0.15, 0.2) is 24.3 Å². The van der Waals surface area contributed by atoms with E-state index in [-0.39, 0.29) is 6.61 Å². The molecule has 0 aromatic heterocycles. The van der Waals surface area contributed by atoms with Crippen molar-refractivity contribution in [3.8, 4) is 0 Å². The Morgan fingerprint density at radius 1 is 1.20 bits per heavy atom. The van der Waals surface area contributed by atoms with Crippen LogP contribution in [0.5, 0.6) is 0 Å². The second-order valence-electron chi connectivity index (χ2n) is 4.90. The highest BCUT2D eigenvalue weighted by atomic mass is 16.5. The Morgan fingerprint density at radius 3 is 2.55 bits per heavy atom. The van der Waals surface area contributed by atoms with Gasteiger partial charge in [0.15, 0.2) is 0 Å². The maximum absolute atomic E-state index is 9.16. The molecule has 0 radical (unpaired) electrons. The van der Waals surface area contributed by atoms with Gasteiger partial charge in [0.1, 0.15) is 0 Å². The summed E-state index contributed by atoms with van der Waals surface area (Å²) in [6.07, 6.45) is 2.32. The summed E-state index contributed by atoms with van der Waals surface area (Å²) in [5.41, 5.74) is 2.46. The van der Waals surface area contributed by atoms with Gasteiger partial charge in [-0.2, -0.15) is 0 Å². The van der Waals surface area contributed by atoms with Gasteiger partial charge >= 0.3 is 0 Å². The van der Waals surface area contributed by atoms with E-state index in [1.54, 1.807) is 7.11 Å². The quantitative estimate of drug-likeness (QED) is 0.609. The van der Waals surface area contributed by atoms with Gasteiger partial charge in [-0.1, -0.05) is 25.5 Å². The van der Waals surface area contributed by atoms with Crippen molar-refractivity contribution in [3.63, 3.8) is 0 Å². The van der Waals surface area contributed by atoms with Crippen molar-refractivity contribution in [2.75, 3.05) is 44.9 Å². The first kappa shape index (κ1) is 17.0. The summed E-state index contributed by atoms with van der Waals surface area (Å²) in [5.74, 6) is 0. The summed E-state index contributed by atoms with van der Waals surface area (Å²) < 4.78 is 5.00. The molecule has 20 heavy (non-hydrogen) atoms. The van der Waals surface area contributed by atoms with Gasteiger partial charge < -0.3 is 20.1 Å². The average Bonchev–Trinajstić information content (AvgIpc) is 2.49. The highest BCUT2D eigenvalue weighted by Gasteiger charge is 2.05. The fraction of sp³-hybridized carbons (Fsp3) is 0.625. The zero-order valence-electron chi connectivity index (χ0n) is 12.8. The third kappa shape index (κ3) is 6.37. The van der Waals surface area contributed by atoms with Gasteiger partial charge in [-0.25, -0.2) is 0 Å². The molecule has 0 aliphatic carbocycles. The molecule has 0 bridgehead atoms. The lowest BCUT2D eigenvalue weighted by atomic mass is 10.2. The van der Waals surface area contributed by atoms with Crippen molar-refractivity contribution >= 4 is 5.69 Å². The van der Waals surface area contributed by atoms with Gasteiger partial charge in [-0.3, -0.25) is 0 Å². The third-order valence-electron chi connectivity index (χ3n) is 3.27. The minimum Gasteiger partial charge on any atom is -0.395 e. The fourth-order valence-electron chi connectivity index (χ4n) is 2.07. The van der Waals surface area contributed by atoms with Crippen LogP contribution in [0.1, 0.15) is 25.3 Å². The Balaban J connectivity index is 2.49. The van der Waals surface area contributed by atoms with E-state index in [1.807, 2.05) is 0 Å². The molecule has 0 unspecified atom stereocenters. The van der Waals surface area contributed by atoms with Crippen molar-refractivity contribution in [1.82, 2.24) is 5.32 Å². The maximum Gasteiger partial charge on any atom is 0.0606 e. The smallest absolute Gasteiger partial charge is 0.0606 e. The van der Waals surface area contributed by atoms with E-state index in [0.717, 1.165) is 32.7 Å². The number of benzene rings is 1. The fourth-order valence-corrected chi connectivity index (χ4v) is 2.07. The lowest BCUT2D eigenvalue weighted by Gasteiger charge is -2.24. The molecule has 114 valence electrons. The molecule has 0 aliphatic rings. The third-order valence-corrected chi connectivity index (χ3v) is 3.27. The number of anilines is 1. The molecule has 0 fully saturated rings. The van der Waals surface area contributed by atoms with Gasteiger partial charge in [-0.05, 0) is 24.1 Å². The Morgan fingerprint density at radius 2 is 1.95 bits per heavy atom. The number of hydrogen-bond acceptors (Lipinski definition) is 4. The normalized spacial score (nSPS) is 10.8. The molecule has 0 atom stereocenters. The number of aliphatic hydroxyl groups is 1. The van der Waals surface area contributed by atoms with E-state index in [0.29, 0.717) is 6.54 Å². The highest BCUT2D eigenvalue weighted by molar-refractivity contribution is 5.47. The van der Waals surface area contributed by atoms with Crippen LogP contribution >= 0.6 is 0 Å². The molecule has 0 heterocycles. The summed E-state index contributed by atoms with van der Waals surface area (Å²) in [4.78, 5) is 2.24. The van der Waals surface area contributed by atoms with Crippen molar-refractivity contribution in [3.05, 3.63) is 29.8 Å². The predicted octanol–water partition coefficient (Wildman–Crippen LogP) is 2.02. The van der Waals surface area contributed by atoms with Crippen LogP contribution in [0.25, 0.3) is 0 Å². The van der Waals surface area contributed by atoms with Gasteiger partial charge in [0.05, 0.1) is 13.2 Å². The number of nitrogens with zero attached hydrogens (tertiary/aromatic N) is 1. The van der Waals surface area contributed by atoms with Crippen molar-refractivity contribution in [1.29, 1.82) is 0 Å². The molecule has 1 rings (SSSR count). The lowest BCUT2D eigenvalue weighted by Crippen LogP contribution is -2.27. The lowest BCUT2D eigenvalue weighted by molar-refractivity contribution is 0.199. The summed E-state index contributed by atoms with van der Waals surface area (Å²) in [6.45, 7) is 6.55. The molecular weight excluding hydrogens is 252 g/mol. The first-order valence-corrected chi connectivity index (χ1v) is 7.46. The van der Waals surface area contributed by atoms with Crippen LogP contribution in [0.3, 0.4) is 0 Å². The Bertz CT molecular complexity index is 341. The van der Waals surface area contributed by atoms with Crippen LogP contribution < -0.4 is 10.2 Å². The highest BCUT2D eigenvalue weighted by Crippen LogP contribution is 2.15. The SMILES string of the molecule is CCCCN(CCO)c1ccc(CNCCOC)cc1. The number of methoxy groups -OCH3 is 1. The molecular formula is C16H28N2O2. The summed E-state index contributed by atoms with van der Waals surface area (Å²) >= 11 is 0. The Kier molecular flexibility index (Phi) is 9.04. The second kappa shape index (κ2) is 10.7. The van der Waals surface area contributed by atoms with Crippen molar-refractivity contribution in [2.45, 2.75) is 26.3 Å². The molecule has 0 saturated carbocycles. The monoisotopic (exact) mass is 280 g/mol. The summed E-state index contributed by atoms with van der Waals surface area (Å²) in [7, 11) is 1.71. The molecule has 0 amide bonds. The van der Waals surface area contributed by atoms with E-state index in [9.17, 15) is 0 Å². The molecule has 4 nitrogen and oxygen atoms in total. The van der Waals surface area contributed by atoms with Crippen molar-refractivity contribution < 1.29 is 9.84 Å². The van der Waals surface area contributed by atoms with Gasteiger partial charge in [0.2, 0.25) is 0 Å². The molecule has 0 aliphatic heterocycles. The number of hydrogen-bond donors (Lipinski definition) is 2. The molecule has 4 heteroatoms. The zero-order valence-corrected chi connectivity index (χ0v) is 12.8. The Hall–Kier alpha value is -1.10. The number of rotatable bonds is 11. The Labute approximate surface area is 122 Å². The minimum absolute atomic E-state index is 0.198. The number of aliphatic hydroxyl groups excluding tert-OH is 1. The molecule has 1 aromatic carbocycles. The predicted molar refractivity (Wildman–Crippen MR) is 84.2 cm³/mol. The second-order valence-corrected chi connectivity index (χ2v) is 4.90. The number of ether oxygens (including phenoxy) is 1. The standard InChI is InChI=1S/C16H28N2O2/c1-3-4-10-18(11-12-19)16-7-5-15(6-8-16)14-17-9-13-20-2/h5-8,17,19H,3-4,9-14H2,1-2H3. The van der Waals surface area contributed by atoms with E-state index in [2.05, 4.69) is 41.4 Å². The van der Waals surface area contributed by atoms with Gasteiger partial charge in [0, 0.05) is 39.0 Å². The van der Waals surface area contributed by atoms with Crippen LogP contribution in [0.2, 0.25) is 0 Å². The van der Waals surface area contributed by atoms with Crippen LogP contribution in [0, 0.1) is 0 Å². The first-order valence-electron chi connectivity index (χ1n) is 7.46. The van der Waals surface area contributed by atoms with E-state index in [4.69, 9.17) is 9.84 Å². The largest absolute Gasteiger partial charge is 0.395 e. The summed E-state index contributed by atoms with van der Waals surface area (Å²) in [6, 6.07) is 8.56. The van der Waals surface area contributed by atoms with Crippen LogP contribution in [-0.4, -0.2) is 45.1 Å². The van der Waals surface area contributed by atoms with Crippen LogP contribution in [0.4, 0.5) is 5.69 Å². The average molecular weight is 280 g/mol. The molecule has 0 saturated heterocycles. The van der Waals surface area contributed by atoms with Crippen LogP contribution in [-0.2, 0) is 11.3 Å². The van der Waals surface area contributed by atoms with E-state index >= 15 is 0 Å². The molecule has 0 spiro atoms. The summed E-state index contributed by atoms with van der Waals surface area (Å²) in [5, 5.41) is 12.5. The molecule has 1 aromatic rings. The topological polar surface area (TPSA) is 44.7 Å². The number of unbranched alkanes of at least 4 members (excludes halogenated alkanes) is 1.